The molecular weight excluding hydrogens is 220 g/mol. The molecule has 1 aromatic heterocycles. The molecule has 88 valence electrons. The summed E-state index contributed by atoms with van der Waals surface area (Å²) >= 11 is 0. The van der Waals surface area contributed by atoms with Gasteiger partial charge in [-0.25, -0.2) is 0 Å². The van der Waals surface area contributed by atoms with Crippen molar-refractivity contribution in [1.82, 2.24) is 15.2 Å². The molecule has 0 aliphatic carbocycles. The van der Waals surface area contributed by atoms with Gasteiger partial charge in [0.05, 0.1) is 4.92 Å². The number of rotatable bonds is 3. The van der Waals surface area contributed by atoms with Gasteiger partial charge in [0.15, 0.2) is 5.82 Å². The minimum atomic E-state index is -0.457. The van der Waals surface area contributed by atoms with Crippen molar-refractivity contribution in [3.8, 4) is 0 Å². The summed E-state index contributed by atoms with van der Waals surface area (Å²) in [6.07, 6.45) is 8.13. The van der Waals surface area contributed by atoms with Crippen LogP contribution >= 0.6 is 0 Å². The molecule has 1 aromatic rings. The van der Waals surface area contributed by atoms with Crippen molar-refractivity contribution in [2.45, 2.75) is 6.54 Å². The molecule has 1 N–H and O–H groups in total. The Morgan fingerprint density at radius 2 is 2.29 bits per heavy atom. The molecule has 0 bridgehead atoms. The van der Waals surface area contributed by atoms with Crippen molar-refractivity contribution in [2.75, 3.05) is 6.54 Å². The molecule has 6 nitrogen and oxygen atoms in total. The lowest BCUT2D eigenvalue weighted by Crippen LogP contribution is -2.32. The fourth-order valence-electron chi connectivity index (χ4n) is 1.57. The third-order valence-corrected chi connectivity index (χ3v) is 2.33. The van der Waals surface area contributed by atoms with Gasteiger partial charge in [0.25, 0.3) is 6.20 Å². The highest BCUT2D eigenvalue weighted by Gasteiger charge is 2.13. The lowest BCUT2D eigenvalue weighted by atomic mass is 10.2. The van der Waals surface area contributed by atoms with E-state index >= 15 is 0 Å². The molecule has 2 heterocycles. The summed E-state index contributed by atoms with van der Waals surface area (Å²) in [7, 11) is 0. The van der Waals surface area contributed by atoms with Crippen LogP contribution in [-0.2, 0) is 6.54 Å². The molecule has 1 aliphatic heterocycles. The van der Waals surface area contributed by atoms with Gasteiger partial charge in [-0.1, -0.05) is 0 Å². The first-order valence-corrected chi connectivity index (χ1v) is 5.17. The quantitative estimate of drug-likeness (QED) is 0.623. The van der Waals surface area contributed by atoms with Gasteiger partial charge in [-0.2, -0.15) is 0 Å². The summed E-state index contributed by atoms with van der Waals surface area (Å²) < 4.78 is 0. The van der Waals surface area contributed by atoms with E-state index in [2.05, 4.69) is 10.3 Å². The smallest absolute Gasteiger partial charge is 0.274 e. The highest BCUT2D eigenvalue weighted by molar-refractivity contribution is 5.15. The van der Waals surface area contributed by atoms with Gasteiger partial charge in [0.2, 0.25) is 0 Å². The zero-order chi connectivity index (χ0) is 12.1. The van der Waals surface area contributed by atoms with Crippen LogP contribution < -0.4 is 5.32 Å². The van der Waals surface area contributed by atoms with Gasteiger partial charge in [0, 0.05) is 31.7 Å². The molecule has 0 atom stereocenters. The van der Waals surface area contributed by atoms with Crippen LogP contribution in [0.5, 0.6) is 0 Å². The Bertz CT molecular complexity index is 456. The fraction of sp³-hybridized carbons (Fsp3) is 0.182. The second-order valence-electron chi connectivity index (χ2n) is 3.55. The number of nitro groups is 1. The number of hydrogen-bond donors (Lipinski definition) is 1. The second-order valence-corrected chi connectivity index (χ2v) is 3.55. The Labute approximate surface area is 98.4 Å². The van der Waals surface area contributed by atoms with Crippen molar-refractivity contribution < 1.29 is 4.92 Å². The van der Waals surface area contributed by atoms with E-state index in [-0.39, 0.29) is 0 Å². The SMILES string of the molecule is O=[N+]([O-])C=C1NCC=CN1Cc1ccncc1. The van der Waals surface area contributed by atoms with Crippen LogP contribution in [0.15, 0.2) is 48.8 Å². The summed E-state index contributed by atoms with van der Waals surface area (Å²) in [5.41, 5.74) is 1.04. The zero-order valence-corrected chi connectivity index (χ0v) is 9.11. The number of nitrogens with one attached hydrogen (secondary N) is 1. The van der Waals surface area contributed by atoms with Gasteiger partial charge in [0.1, 0.15) is 0 Å². The van der Waals surface area contributed by atoms with E-state index in [1.54, 1.807) is 17.3 Å². The van der Waals surface area contributed by atoms with Crippen LogP contribution in [0.2, 0.25) is 0 Å². The molecule has 0 unspecified atom stereocenters. The number of nitrogens with zero attached hydrogens (tertiary/aromatic N) is 3. The number of hydrogen-bond acceptors (Lipinski definition) is 5. The Morgan fingerprint density at radius 3 is 3.00 bits per heavy atom. The van der Waals surface area contributed by atoms with Crippen molar-refractivity contribution in [3.05, 3.63) is 64.5 Å². The van der Waals surface area contributed by atoms with Crippen LogP contribution in [0.1, 0.15) is 5.56 Å². The third-order valence-electron chi connectivity index (χ3n) is 2.33. The van der Waals surface area contributed by atoms with E-state index in [9.17, 15) is 10.1 Å². The van der Waals surface area contributed by atoms with Gasteiger partial charge in [-0.05, 0) is 23.8 Å². The van der Waals surface area contributed by atoms with Crippen LogP contribution in [0.3, 0.4) is 0 Å². The topological polar surface area (TPSA) is 71.3 Å². The van der Waals surface area contributed by atoms with Crippen LogP contribution in [0, 0.1) is 10.1 Å². The van der Waals surface area contributed by atoms with Gasteiger partial charge in [-0.3, -0.25) is 15.1 Å². The second kappa shape index (κ2) is 5.11. The molecule has 0 amide bonds. The van der Waals surface area contributed by atoms with E-state index in [4.69, 9.17) is 0 Å². The molecule has 6 heteroatoms. The number of aromatic nitrogens is 1. The maximum Gasteiger partial charge on any atom is 0.274 e. The maximum absolute atomic E-state index is 10.5. The predicted molar refractivity (Wildman–Crippen MR) is 62.0 cm³/mol. The largest absolute Gasteiger partial charge is 0.363 e. The lowest BCUT2D eigenvalue weighted by molar-refractivity contribution is -0.404. The summed E-state index contributed by atoms with van der Waals surface area (Å²) in [5, 5.41) is 13.5. The normalized spacial score (nSPS) is 16.9. The van der Waals surface area contributed by atoms with Crippen LogP contribution in [0.25, 0.3) is 0 Å². The van der Waals surface area contributed by atoms with Crippen molar-refractivity contribution >= 4 is 0 Å². The summed E-state index contributed by atoms with van der Waals surface area (Å²) in [4.78, 5) is 15.8. The van der Waals surface area contributed by atoms with Gasteiger partial charge >= 0.3 is 0 Å². The van der Waals surface area contributed by atoms with E-state index < -0.39 is 4.92 Å². The zero-order valence-electron chi connectivity index (χ0n) is 9.11. The molecular formula is C11H12N4O2. The minimum Gasteiger partial charge on any atom is -0.363 e. The summed E-state index contributed by atoms with van der Waals surface area (Å²) in [6, 6.07) is 3.76. The first kappa shape index (κ1) is 11.1. The molecule has 17 heavy (non-hydrogen) atoms. The number of pyridine rings is 1. The van der Waals surface area contributed by atoms with E-state index in [0.29, 0.717) is 18.9 Å². The maximum atomic E-state index is 10.5. The third kappa shape index (κ3) is 3.04. The van der Waals surface area contributed by atoms with E-state index in [1.807, 2.05) is 24.4 Å². The molecule has 0 radical (unpaired) electrons. The lowest BCUT2D eigenvalue weighted by Gasteiger charge is -2.25. The Balaban J connectivity index is 2.15. The standard InChI is InChI=1S/C11H12N4O2/c16-15(17)9-11-13-4-1-7-14(11)8-10-2-5-12-6-3-10/h1-3,5-7,9,13H,4,8H2. The minimum absolute atomic E-state index is 0.457. The Morgan fingerprint density at radius 1 is 1.53 bits per heavy atom. The Kier molecular flexibility index (Phi) is 3.34. The summed E-state index contributed by atoms with van der Waals surface area (Å²) in [6.45, 7) is 1.18. The molecule has 0 fully saturated rings. The molecule has 0 saturated carbocycles. The van der Waals surface area contributed by atoms with Crippen molar-refractivity contribution in [2.24, 2.45) is 0 Å². The molecule has 0 spiro atoms. The van der Waals surface area contributed by atoms with E-state index in [0.717, 1.165) is 11.8 Å². The first-order chi connectivity index (χ1) is 8.25. The molecule has 2 rings (SSSR count). The first-order valence-electron chi connectivity index (χ1n) is 5.17. The van der Waals surface area contributed by atoms with Gasteiger partial charge < -0.3 is 10.2 Å². The van der Waals surface area contributed by atoms with Crippen molar-refractivity contribution in [1.29, 1.82) is 0 Å². The average molecular weight is 232 g/mol. The molecule has 1 aliphatic rings. The predicted octanol–water partition coefficient (Wildman–Crippen LogP) is 1.08. The van der Waals surface area contributed by atoms with E-state index in [1.165, 1.54) is 0 Å². The Hall–Kier alpha value is -2.37. The molecule has 0 aromatic carbocycles. The van der Waals surface area contributed by atoms with Crippen LogP contribution in [0.4, 0.5) is 0 Å². The fourth-order valence-corrected chi connectivity index (χ4v) is 1.57. The highest BCUT2D eigenvalue weighted by Crippen LogP contribution is 2.12. The molecule has 0 saturated heterocycles. The monoisotopic (exact) mass is 232 g/mol. The van der Waals surface area contributed by atoms with Crippen LogP contribution in [-0.4, -0.2) is 21.4 Å². The highest BCUT2D eigenvalue weighted by atomic mass is 16.6. The van der Waals surface area contributed by atoms with Gasteiger partial charge in [-0.15, -0.1) is 0 Å². The average Bonchev–Trinajstić information content (AvgIpc) is 2.32. The summed E-state index contributed by atoms with van der Waals surface area (Å²) in [5.74, 6) is 0.495. The van der Waals surface area contributed by atoms with Crippen molar-refractivity contribution in [3.63, 3.8) is 0 Å².